The molecule has 33 heavy (non-hydrogen) atoms. The summed E-state index contributed by atoms with van der Waals surface area (Å²) in [4.78, 5) is 13.3. The highest BCUT2D eigenvalue weighted by Gasteiger charge is 2.63. The fourth-order valence-electron chi connectivity index (χ4n) is 6.73. The number of aryl methyl sites for hydroxylation is 1. The van der Waals surface area contributed by atoms with Crippen molar-refractivity contribution in [2.24, 2.45) is 13.0 Å². The van der Waals surface area contributed by atoms with E-state index >= 15 is 8.78 Å². The van der Waals surface area contributed by atoms with E-state index in [1.54, 1.807) is 0 Å². The van der Waals surface area contributed by atoms with Crippen LogP contribution in [0, 0.1) is 17.6 Å². The molecule has 2 atom stereocenters. The summed E-state index contributed by atoms with van der Waals surface area (Å²) in [6, 6.07) is 10.3. The number of carboxylic acid groups (broad SMARTS) is 1. The van der Waals surface area contributed by atoms with Gasteiger partial charge in [0.05, 0.1) is 6.04 Å². The van der Waals surface area contributed by atoms with Gasteiger partial charge in [-0.3, -0.25) is 4.90 Å². The van der Waals surface area contributed by atoms with Crippen LogP contribution < -0.4 is 0 Å². The minimum absolute atomic E-state index is 0.0175. The summed E-state index contributed by atoms with van der Waals surface area (Å²) in [6.07, 6.45) is 6.25. The van der Waals surface area contributed by atoms with Crippen LogP contribution in [0.2, 0.25) is 0 Å². The number of fused-ring (bicyclic) bond motifs is 3. The van der Waals surface area contributed by atoms with Gasteiger partial charge in [0.25, 0.3) is 0 Å². The van der Waals surface area contributed by atoms with Crippen molar-refractivity contribution in [1.29, 1.82) is 0 Å². The molecule has 3 aliphatic carbocycles. The number of carboxylic acids is 1. The number of nitrogens with zero attached hydrogens (tertiary/aromatic N) is 2. The molecule has 1 aromatic heterocycles. The molecule has 4 nitrogen and oxygen atoms in total. The maximum absolute atomic E-state index is 15.7. The van der Waals surface area contributed by atoms with E-state index in [1.807, 2.05) is 19.2 Å². The molecule has 2 heterocycles. The van der Waals surface area contributed by atoms with Crippen LogP contribution in [0.5, 0.6) is 0 Å². The molecule has 0 amide bonds. The first-order chi connectivity index (χ1) is 15.8. The zero-order chi connectivity index (χ0) is 23.1. The first-order valence-corrected chi connectivity index (χ1v) is 11.5. The molecule has 0 radical (unpaired) electrons. The second kappa shape index (κ2) is 7.00. The third-order valence-corrected chi connectivity index (χ3v) is 8.12. The second-order valence-corrected chi connectivity index (χ2v) is 10.1. The molecule has 2 bridgehead atoms. The Hall–Kier alpha value is -2.99. The number of hydrogen-bond donors (Lipinski definition) is 1. The molecule has 4 aliphatic rings. The van der Waals surface area contributed by atoms with Crippen molar-refractivity contribution in [3.05, 3.63) is 76.5 Å². The molecule has 2 aromatic carbocycles. The van der Waals surface area contributed by atoms with Gasteiger partial charge < -0.3 is 9.67 Å². The van der Waals surface area contributed by atoms with E-state index in [0.29, 0.717) is 0 Å². The zero-order valence-corrected chi connectivity index (χ0v) is 18.7. The Balaban J connectivity index is 1.58. The van der Waals surface area contributed by atoms with Crippen LogP contribution in [-0.2, 0) is 18.3 Å². The maximum atomic E-state index is 15.7. The number of halogens is 2. The third kappa shape index (κ3) is 2.86. The Morgan fingerprint density at radius 3 is 2.42 bits per heavy atom. The normalized spacial score (nSPS) is 28.5. The minimum Gasteiger partial charge on any atom is -0.478 e. The van der Waals surface area contributed by atoms with E-state index in [2.05, 4.69) is 28.5 Å². The number of benzene rings is 2. The van der Waals surface area contributed by atoms with Crippen LogP contribution >= 0.6 is 0 Å². The topological polar surface area (TPSA) is 45.5 Å². The largest absolute Gasteiger partial charge is 0.478 e. The van der Waals surface area contributed by atoms with E-state index in [4.69, 9.17) is 5.11 Å². The van der Waals surface area contributed by atoms with Crippen LogP contribution in [0.25, 0.3) is 17.0 Å². The van der Waals surface area contributed by atoms with Crippen LogP contribution in [0.3, 0.4) is 0 Å². The van der Waals surface area contributed by atoms with Crippen molar-refractivity contribution >= 4 is 22.9 Å². The molecule has 6 heteroatoms. The SMILES string of the molecule is C[C@@H]1Cc2c(n(C)c3ccccc23)[C@@H](c2c(F)cc(/C=C/C(=O)O)cc2F)N1C12CC(C1)C2. The van der Waals surface area contributed by atoms with Crippen molar-refractivity contribution < 1.29 is 18.7 Å². The molecule has 170 valence electrons. The predicted octanol–water partition coefficient (Wildman–Crippen LogP) is 5.44. The molecule has 0 saturated heterocycles. The van der Waals surface area contributed by atoms with Crippen molar-refractivity contribution in [1.82, 2.24) is 9.47 Å². The maximum Gasteiger partial charge on any atom is 0.328 e. The molecule has 1 N–H and O–H groups in total. The van der Waals surface area contributed by atoms with Crippen LogP contribution in [0.15, 0.2) is 42.5 Å². The summed E-state index contributed by atoms with van der Waals surface area (Å²) in [5.41, 5.74) is 3.48. The van der Waals surface area contributed by atoms with Gasteiger partial charge >= 0.3 is 5.97 Å². The molecule has 3 fully saturated rings. The first-order valence-electron chi connectivity index (χ1n) is 11.5. The van der Waals surface area contributed by atoms with E-state index in [0.717, 1.165) is 54.3 Å². The van der Waals surface area contributed by atoms with Crippen LogP contribution in [-0.4, -0.2) is 32.1 Å². The summed E-state index contributed by atoms with van der Waals surface area (Å²) in [7, 11) is 1.99. The summed E-state index contributed by atoms with van der Waals surface area (Å²) in [5.74, 6) is -1.68. The molecule has 3 saturated carbocycles. The molecule has 7 rings (SSSR count). The zero-order valence-electron chi connectivity index (χ0n) is 18.7. The highest BCUT2D eigenvalue weighted by Crippen LogP contribution is 2.64. The van der Waals surface area contributed by atoms with Gasteiger partial charge in [-0.25, -0.2) is 13.6 Å². The van der Waals surface area contributed by atoms with Gasteiger partial charge in [-0.15, -0.1) is 0 Å². The molecule has 0 unspecified atom stereocenters. The summed E-state index contributed by atoms with van der Waals surface area (Å²) >= 11 is 0. The average molecular weight is 449 g/mol. The molecule has 1 aliphatic heterocycles. The number of carbonyl (C=O) groups is 1. The van der Waals surface area contributed by atoms with Crippen molar-refractivity contribution in [3.63, 3.8) is 0 Å². The summed E-state index contributed by atoms with van der Waals surface area (Å²) < 4.78 is 33.4. The van der Waals surface area contributed by atoms with Crippen molar-refractivity contribution in [3.8, 4) is 0 Å². The van der Waals surface area contributed by atoms with Gasteiger partial charge in [-0.2, -0.15) is 0 Å². The van der Waals surface area contributed by atoms with Gasteiger partial charge in [0.15, 0.2) is 0 Å². The standard InChI is InChI=1S/C27H26F2N2O2/c1-15-9-19-18-5-3-4-6-22(18)30(2)25(19)26(31(15)27-12-17(13-27)14-27)24-20(28)10-16(11-21(24)29)7-8-23(32)33/h3-8,10-11,15,17,26H,9,12-14H2,1-2H3,(H,32,33)/b8-7+/t15-,17?,26-,27?/m1/s1. The predicted molar refractivity (Wildman–Crippen MR) is 123 cm³/mol. The van der Waals surface area contributed by atoms with Crippen LogP contribution in [0.1, 0.15) is 54.6 Å². The fraction of sp³-hybridized carbons (Fsp3) is 0.370. The quantitative estimate of drug-likeness (QED) is 0.541. The van der Waals surface area contributed by atoms with Gasteiger partial charge in [-0.1, -0.05) is 18.2 Å². The lowest BCUT2D eigenvalue weighted by molar-refractivity contribution is -0.175. The first kappa shape index (κ1) is 20.6. The fourth-order valence-corrected chi connectivity index (χ4v) is 6.73. The number of para-hydroxylation sites is 1. The Bertz CT molecular complexity index is 1300. The summed E-state index contributed by atoms with van der Waals surface area (Å²) in [5, 5.41) is 10.0. The number of aliphatic carboxylic acids is 1. The second-order valence-electron chi connectivity index (χ2n) is 10.1. The lowest BCUT2D eigenvalue weighted by Crippen LogP contribution is -2.71. The Morgan fingerprint density at radius 2 is 1.82 bits per heavy atom. The Labute approximate surface area is 191 Å². The van der Waals surface area contributed by atoms with E-state index in [1.165, 1.54) is 23.8 Å². The van der Waals surface area contributed by atoms with Crippen molar-refractivity contribution in [2.45, 2.75) is 50.2 Å². The van der Waals surface area contributed by atoms with Crippen molar-refractivity contribution in [2.75, 3.05) is 0 Å². The molecule has 3 aromatic rings. The third-order valence-electron chi connectivity index (χ3n) is 8.12. The Morgan fingerprint density at radius 1 is 1.15 bits per heavy atom. The van der Waals surface area contributed by atoms with Gasteiger partial charge in [0.2, 0.25) is 0 Å². The molecule has 0 spiro atoms. The van der Waals surface area contributed by atoms with Gasteiger partial charge in [-0.05, 0) is 73.9 Å². The number of hydrogen-bond acceptors (Lipinski definition) is 2. The van der Waals surface area contributed by atoms with E-state index in [9.17, 15) is 4.79 Å². The summed E-state index contributed by atoms with van der Waals surface area (Å²) in [6.45, 7) is 2.18. The highest BCUT2D eigenvalue weighted by atomic mass is 19.1. The van der Waals surface area contributed by atoms with Crippen LogP contribution in [0.4, 0.5) is 8.78 Å². The Kier molecular flexibility index (Phi) is 4.37. The smallest absolute Gasteiger partial charge is 0.328 e. The monoisotopic (exact) mass is 448 g/mol. The molecular weight excluding hydrogens is 422 g/mol. The highest BCUT2D eigenvalue weighted by molar-refractivity contribution is 5.87. The number of aromatic nitrogens is 1. The lowest BCUT2D eigenvalue weighted by Gasteiger charge is -2.70. The average Bonchev–Trinajstić information content (AvgIpc) is 2.98. The minimum atomic E-state index is -1.16. The lowest BCUT2D eigenvalue weighted by atomic mass is 9.48. The van der Waals surface area contributed by atoms with Gasteiger partial charge in [0, 0.05) is 46.9 Å². The molecular formula is C27H26F2N2O2. The number of rotatable bonds is 4. The van der Waals surface area contributed by atoms with E-state index < -0.39 is 23.6 Å². The van der Waals surface area contributed by atoms with E-state index in [-0.39, 0.29) is 22.7 Å². The van der Waals surface area contributed by atoms with Gasteiger partial charge in [0.1, 0.15) is 11.6 Å².